The monoisotopic (exact) mass is 595 g/mol. The van der Waals surface area contributed by atoms with Gasteiger partial charge in [-0.15, -0.1) is 0 Å². The molecule has 0 radical (unpaired) electrons. The van der Waals surface area contributed by atoms with Crippen LogP contribution in [0, 0.1) is 19.7 Å². The number of methoxy groups -OCH3 is 1. The molecule has 0 spiro atoms. The molecule has 6 rings (SSSR count). The van der Waals surface area contributed by atoms with E-state index in [4.69, 9.17) is 15.5 Å². The second-order valence-corrected chi connectivity index (χ2v) is 10.6. The number of rotatable bonds is 7. The molecule has 1 saturated heterocycles. The Labute approximate surface area is 252 Å². The number of benzene rings is 1. The van der Waals surface area contributed by atoms with E-state index < -0.39 is 17.3 Å². The first-order chi connectivity index (χ1) is 21.1. The van der Waals surface area contributed by atoms with E-state index in [0.717, 1.165) is 34.7 Å². The molecule has 1 amide bonds. The Hall–Kier alpha value is -5.43. The highest BCUT2D eigenvalue weighted by Crippen LogP contribution is 2.28. The molecule has 1 aliphatic rings. The fourth-order valence-corrected chi connectivity index (χ4v) is 5.08. The number of amides is 1. The average Bonchev–Trinajstić information content (AvgIpc) is 3.21. The van der Waals surface area contributed by atoms with Crippen LogP contribution in [0.2, 0.25) is 0 Å². The van der Waals surface area contributed by atoms with E-state index in [2.05, 4.69) is 25.2 Å². The minimum Gasteiger partial charge on any atom is -0.382 e. The number of pyridine rings is 2. The fourth-order valence-electron chi connectivity index (χ4n) is 5.08. The van der Waals surface area contributed by atoms with Gasteiger partial charge >= 0.3 is 0 Å². The summed E-state index contributed by atoms with van der Waals surface area (Å²) in [4.78, 5) is 46.6. The number of carbonyl (C=O) groups is 1. The molecule has 13 heteroatoms. The molecule has 4 aromatic heterocycles. The number of anilines is 3. The second-order valence-electron chi connectivity index (χ2n) is 10.6. The van der Waals surface area contributed by atoms with Crippen molar-refractivity contribution in [1.29, 1.82) is 0 Å². The minimum absolute atomic E-state index is 0.0647. The van der Waals surface area contributed by atoms with Crippen LogP contribution in [0.1, 0.15) is 21.6 Å². The van der Waals surface area contributed by atoms with Crippen LogP contribution in [-0.4, -0.2) is 61.5 Å². The Bertz CT molecular complexity index is 1950. The van der Waals surface area contributed by atoms with Crippen LogP contribution in [0.25, 0.3) is 28.3 Å². The van der Waals surface area contributed by atoms with E-state index in [1.54, 1.807) is 64.7 Å². The van der Waals surface area contributed by atoms with Crippen LogP contribution in [0.3, 0.4) is 0 Å². The summed E-state index contributed by atoms with van der Waals surface area (Å²) < 4.78 is 22.6. The molecule has 3 N–H and O–H groups in total. The number of halogens is 1. The summed E-state index contributed by atoms with van der Waals surface area (Å²) in [6.07, 6.45) is 4.95. The highest BCUT2D eigenvalue weighted by atomic mass is 19.1. The van der Waals surface area contributed by atoms with Gasteiger partial charge < -0.3 is 20.7 Å². The standard InChI is InChI=1S/C31H30FN9O3/c1-17-5-7-22(32)25(11-17)41-31(43)27(18(2)39(41)3)30(42)37-20-6-8-23(35-13-20)28-29(33)36-14-24(38-28)19-9-10-34-26(12-19)40-15-21(16-40)44-4/h5-14,21H,15-16H2,1-4H3,(H2,33,36)(H,37,42). The Morgan fingerprint density at radius 2 is 1.84 bits per heavy atom. The van der Waals surface area contributed by atoms with Crippen molar-refractivity contribution < 1.29 is 13.9 Å². The highest BCUT2D eigenvalue weighted by Gasteiger charge is 2.28. The zero-order valence-electron chi connectivity index (χ0n) is 24.6. The number of ether oxygens (including phenoxy) is 1. The Morgan fingerprint density at radius 3 is 2.57 bits per heavy atom. The van der Waals surface area contributed by atoms with Gasteiger partial charge in [0.1, 0.15) is 28.6 Å². The van der Waals surface area contributed by atoms with Gasteiger partial charge in [0.25, 0.3) is 11.5 Å². The number of nitrogens with two attached hydrogens (primary N) is 1. The number of hydrogen-bond donors (Lipinski definition) is 2. The summed E-state index contributed by atoms with van der Waals surface area (Å²) in [6.45, 7) is 4.96. The Kier molecular flexibility index (Phi) is 7.39. The van der Waals surface area contributed by atoms with E-state index >= 15 is 0 Å². The van der Waals surface area contributed by atoms with Crippen LogP contribution in [0.15, 0.2) is 65.8 Å². The lowest BCUT2D eigenvalue weighted by molar-refractivity contribution is 0.0783. The number of aromatic nitrogens is 6. The number of nitrogens with one attached hydrogen (secondary N) is 1. The molecule has 0 aliphatic carbocycles. The molecule has 5 heterocycles. The van der Waals surface area contributed by atoms with Crippen molar-refractivity contribution in [3.05, 3.63) is 94.0 Å². The quantitative estimate of drug-likeness (QED) is 0.289. The van der Waals surface area contributed by atoms with Gasteiger partial charge in [0.15, 0.2) is 5.82 Å². The van der Waals surface area contributed by atoms with Crippen LogP contribution >= 0.6 is 0 Å². The van der Waals surface area contributed by atoms with Crippen LogP contribution in [0.4, 0.5) is 21.7 Å². The van der Waals surface area contributed by atoms with Crippen molar-refractivity contribution in [3.63, 3.8) is 0 Å². The predicted octanol–water partition coefficient (Wildman–Crippen LogP) is 3.52. The lowest BCUT2D eigenvalue weighted by atomic mass is 10.1. The van der Waals surface area contributed by atoms with E-state index in [1.165, 1.54) is 16.9 Å². The van der Waals surface area contributed by atoms with Gasteiger partial charge in [0, 0.05) is 39.0 Å². The summed E-state index contributed by atoms with van der Waals surface area (Å²) >= 11 is 0. The summed E-state index contributed by atoms with van der Waals surface area (Å²) in [5.41, 5.74) is 9.24. The molecular formula is C31H30FN9O3. The van der Waals surface area contributed by atoms with Gasteiger partial charge in [0.2, 0.25) is 0 Å². The fraction of sp³-hybridized carbons (Fsp3) is 0.226. The van der Waals surface area contributed by atoms with Gasteiger partial charge in [0.05, 0.1) is 41.3 Å². The van der Waals surface area contributed by atoms with Crippen LogP contribution < -0.4 is 21.5 Å². The molecule has 5 aromatic rings. The van der Waals surface area contributed by atoms with Crippen molar-refractivity contribution in [3.8, 4) is 28.3 Å². The maximum Gasteiger partial charge on any atom is 0.284 e. The summed E-state index contributed by atoms with van der Waals surface area (Å²) in [5, 5.41) is 2.71. The van der Waals surface area contributed by atoms with Gasteiger partial charge in [-0.1, -0.05) is 6.07 Å². The van der Waals surface area contributed by atoms with Crippen molar-refractivity contribution in [2.24, 2.45) is 7.05 Å². The van der Waals surface area contributed by atoms with Gasteiger partial charge in [-0.2, -0.15) is 0 Å². The number of nitrogen functional groups attached to an aromatic ring is 1. The molecule has 224 valence electrons. The minimum atomic E-state index is -0.640. The zero-order chi connectivity index (χ0) is 31.1. The van der Waals surface area contributed by atoms with E-state index in [0.29, 0.717) is 28.5 Å². The first-order valence-corrected chi connectivity index (χ1v) is 13.8. The number of nitrogens with zero attached hydrogens (tertiary/aromatic N) is 7. The second kappa shape index (κ2) is 11.3. The molecule has 0 atom stereocenters. The summed E-state index contributed by atoms with van der Waals surface area (Å²) in [7, 11) is 3.29. The molecule has 1 fully saturated rings. The van der Waals surface area contributed by atoms with E-state index in [-0.39, 0.29) is 23.2 Å². The SMILES string of the molecule is COC1CN(c2cc(-c3cnc(N)c(-c4ccc(NC(=O)c5c(C)n(C)n(-c6cc(C)ccc6F)c5=O)cn4)n3)ccn2)C1. The molecule has 12 nitrogen and oxygen atoms in total. The maximum absolute atomic E-state index is 14.6. The molecule has 44 heavy (non-hydrogen) atoms. The Balaban J connectivity index is 1.23. The number of carbonyl (C=O) groups excluding carboxylic acids is 1. The Morgan fingerprint density at radius 1 is 1.05 bits per heavy atom. The molecule has 1 aromatic carbocycles. The summed E-state index contributed by atoms with van der Waals surface area (Å²) in [5.74, 6) is -0.198. The first-order valence-electron chi connectivity index (χ1n) is 13.8. The van der Waals surface area contributed by atoms with Crippen LogP contribution in [-0.2, 0) is 11.8 Å². The largest absolute Gasteiger partial charge is 0.382 e. The van der Waals surface area contributed by atoms with Gasteiger partial charge in [-0.25, -0.2) is 24.0 Å². The third-order valence-corrected chi connectivity index (χ3v) is 7.72. The third kappa shape index (κ3) is 5.17. The summed E-state index contributed by atoms with van der Waals surface area (Å²) in [6, 6.07) is 11.5. The van der Waals surface area contributed by atoms with Crippen molar-refractivity contribution in [2.75, 3.05) is 36.1 Å². The topological polar surface area (TPSA) is 146 Å². The number of aryl methyl sites for hydroxylation is 1. The lowest BCUT2D eigenvalue weighted by Crippen LogP contribution is -2.52. The first kappa shape index (κ1) is 28.7. The average molecular weight is 596 g/mol. The van der Waals surface area contributed by atoms with Crippen molar-refractivity contribution >= 4 is 23.2 Å². The van der Waals surface area contributed by atoms with E-state index in [1.807, 2.05) is 12.1 Å². The molecular weight excluding hydrogens is 565 g/mol. The van der Waals surface area contributed by atoms with Gasteiger partial charge in [-0.05, 0) is 55.8 Å². The normalized spacial score (nSPS) is 13.2. The predicted molar refractivity (Wildman–Crippen MR) is 164 cm³/mol. The van der Waals surface area contributed by atoms with Crippen LogP contribution in [0.5, 0.6) is 0 Å². The van der Waals surface area contributed by atoms with Crippen molar-refractivity contribution in [2.45, 2.75) is 20.0 Å². The molecule has 0 unspecified atom stereocenters. The van der Waals surface area contributed by atoms with E-state index in [9.17, 15) is 14.0 Å². The molecule has 0 bridgehead atoms. The highest BCUT2D eigenvalue weighted by molar-refractivity contribution is 6.05. The molecule has 0 saturated carbocycles. The zero-order valence-corrected chi connectivity index (χ0v) is 24.6. The van der Waals surface area contributed by atoms with Gasteiger partial charge in [-0.3, -0.25) is 19.3 Å². The van der Waals surface area contributed by atoms with Crippen molar-refractivity contribution in [1.82, 2.24) is 29.3 Å². The third-order valence-electron chi connectivity index (χ3n) is 7.72. The molecule has 1 aliphatic heterocycles. The lowest BCUT2D eigenvalue weighted by Gasteiger charge is -2.39. The smallest absolute Gasteiger partial charge is 0.284 e. The maximum atomic E-state index is 14.6. The number of hydrogen-bond acceptors (Lipinski definition) is 9.